The van der Waals surface area contributed by atoms with E-state index in [1.807, 2.05) is 4.68 Å². The maximum Gasteiger partial charge on any atom is 0.298 e. The van der Waals surface area contributed by atoms with Crippen LogP contribution in [-0.4, -0.2) is 64.5 Å². The second kappa shape index (κ2) is 11.3. The lowest BCUT2D eigenvalue weighted by Gasteiger charge is -2.42. The number of carbonyl (C=O) groups excluding carboxylic acids is 1. The summed E-state index contributed by atoms with van der Waals surface area (Å²) in [6, 6.07) is 6.83. The second-order valence-electron chi connectivity index (χ2n) is 12.1. The van der Waals surface area contributed by atoms with Crippen LogP contribution in [0.1, 0.15) is 56.9 Å². The molecule has 1 aliphatic carbocycles. The predicted molar refractivity (Wildman–Crippen MR) is 159 cm³/mol. The Morgan fingerprint density at radius 1 is 1.10 bits per heavy atom. The number of nitrogens with zero attached hydrogens (tertiary/aromatic N) is 4. The van der Waals surface area contributed by atoms with Gasteiger partial charge in [-0.25, -0.2) is 8.42 Å². The highest BCUT2D eigenvalue weighted by atomic mass is 79.9. The summed E-state index contributed by atoms with van der Waals surface area (Å²) in [6.45, 7) is 0.758. The summed E-state index contributed by atoms with van der Waals surface area (Å²) in [5.74, 6) is -4.16. The number of hydrogen-bond donors (Lipinski definition) is 1. The van der Waals surface area contributed by atoms with Gasteiger partial charge in [-0.1, -0.05) is 40.9 Å². The number of fused-ring (bicyclic) bond motifs is 3. The van der Waals surface area contributed by atoms with Gasteiger partial charge in [-0.3, -0.25) is 9.48 Å². The zero-order chi connectivity index (χ0) is 29.8. The smallest absolute Gasteiger partial charge is 0.298 e. The third-order valence-corrected chi connectivity index (χ3v) is 11.7. The minimum atomic E-state index is -4.52. The van der Waals surface area contributed by atoms with Crippen molar-refractivity contribution in [2.75, 3.05) is 7.05 Å². The van der Waals surface area contributed by atoms with Gasteiger partial charge in [-0.2, -0.15) is 18.2 Å². The summed E-state index contributed by atoms with van der Waals surface area (Å²) in [5.41, 5.74) is 6.37. The fourth-order valence-corrected chi connectivity index (χ4v) is 8.77. The molecule has 3 aromatic rings. The molecular weight excluding hydrogens is 628 g/mol. The van der Waals surface area contributed by atoms with Gasteiger partial charge >= 0.3 is 0 Å². The summed E-state index contributed by atoms with van der Waals surface area (Å²) in [4.78, 5) is 15.5. The first-order valence-electron chi connectivity index (χ1n) is 14.6. The quantitative estimate of drug-likeness (QED) is 0.355. The lowest BCUT2D eigenvalue weighted by Crippen LogP contribution is -2.61. The van der Waals surface area contributed by atoms with E-state index in [1.54, 1.807) is 12.3 Å². The summed E-state index contributed by atoms with van der Waals surface area (Å²) in [6.07, 6.45) is 8.86. The summed E-state index contributed by atoms with van der Waals surface area (Å²) >= 11 is 3.26. The van der Waals surface area contributed by atoms with E-state index in [1.165, 1.54) is 54.1 Å². The van der Waals surface area contributed by atoms with Gasteiger partial charge in [0.15, 0.2) is 6.04 Å². The van der Waals surface area contributed by atoms with Crippen LogP contribution in [0.15, 0.2) is 58.0 Å². The van der Waals surface area contributed by atoms with Gasteiger partial charge in [0, 0.05) is 53.3 Å². The third kappa shape index (κ3) is 5.39. The number of sulfonamides is 1. The van der Waals surface area contributed by atoms with Gasteiger partial charge < -0.3 is 10.6 Å². The first-order valence-corrected chi connectivity index (χ1v) is 16.9. The van der Waals surface area contributed by atoms with Crippen molar-refractivity contribution in [2.24, 2.45) is 11.7 Å². The molecule has 1 saturated carbocycles. The van der Waals surface area contributed by atoms with Crippen molar-refractivity contribution in [3.05, 3.63) is 58.7 Å². The second-order valence-corrected chi connectivity index (χ2v) is 15.1. The maximum absolute atomic E-state index is 16.4. The van der Waals surface area contributed by atoms with Gasteiger partial charge in [-0.05, 0) is 74.8 Å². The van der Waals surface area contributed by atoms with Crippen LogP contribution in [0, 0.1) is 5.92 Å². The van der Waals surface area contributed by atoms with Crippen molar-refractivity contribution in [1.29, 1.82) is 0 Å². The third-order valence-electron chi connectivity index (χ3n) is 9.31. The normalized spacial score (nSPS) is 24.1. The van der Waals surface area contributed by atoms with Crippen LogP contribution >= 0.6 is 15.9 Å². The van der Waals surface area contributed by atoms with Crippen LogP contribution in [-0.2, 0) is 27.3 Å². The van der Waals surface area contributed by atoms with E-state index in [4.69, 9.17) is 5.73 Å². The average molecular weight is 665 g/mol. The molecule has 1 aromatic heterocycles. The molecule has 6 rings (SSSR count). The number of halogens is 3. The molecule has 2 aromatic carbocycles. The number of carbonyl (C=O) groups is 1. The molecule has 12 heteroatoms. The summed E-state index contributed by atoms with van der Waals surface area (Å²) in [7, 11) is -3.44. The van der Waals surface area contributed by atoms with Crippen molar-refractivity contribution in [3.63, 3.8) is 0 Å². The van der Waals surface area contributed by atoms with Crippen molar-refractivity contribution in [2.45, 2.75) is 92.9 Å². The molecule has 1 amide bonds. The first-order chi connectivity index (χ1) is 19.9. The number of benzene rings is 2. The maximum atomic E-state index is 16.4. The van der Waals surface area contributed by atoms with E-state index >= 15 is 8.78 Å². The fraction of sp³-hybridized carbons (Fsp3) is 0.533. The molecule has 2 N–H and O–H groups in total. The summed E-state index contributed by atoms with van der Waals surface area (Å²) < 4.78 is 63.9. The Labute approximate surface area is 253 Å². The molecule has 2 aliphatic heterocycles. The highest BCUT2D eigenvalue weighted by Gasteiger charge is 2.56. The zero-order valence-corrected chi connectivity index (χ0v) is 25.9. The largest absolute Gasteiger partial charge is 0.335 e. The highest BCUT2D eigenvalue weighted by Crippen LogP contribution is 2.42. The molecule has 3 atom stereocenters. The molecular formula is C30H36BrF2N5O3S. The molecule has 2 bridgehead atoms. The summed E-state index contributed by atoms with van der Waals surface area (Å²) in [5, 5.41) is 5.20. The minimum Gasteiger partial charge on any atom is -0.335 e. The van der Waals surface area contributed by atoms with Crippen molar-refractivity contribution in [1.82, 2.24) is 19.0 Å². The SMILES string of the molecule is CN([C@H](C(=O)N1C2CCC1CC(N)C2)C(F)(F)c1ccc(Br)cc1)S(=O)(=O)c1ccc2nn(CC3CCCC3)cc2c1. The average Bonchev–Trinajstić information content (AvgIpc) is 3.66. The monoisotopic (exact) mass is 663 g/mol. The lowest BCUT2D eigenvalue weighted by atomic mass is 9.94. The van der Waals surface area contributed by atoms with E-state index in [0.717, 1.165) is 26.4 Å². The highest BCUT2D eigenvalue weighted by molar-refractivity contribution is 9.10. The number of amides is 1. The van der Waals surface area contributed by atoms with E-state index in [9.17, 15) is 13.2 Å². The van der Waals surface area contributed by atoms with Crippen LogP contribution in [0.2, 0.25) is 0 Å². The van der Waals surface area contributed by atoms with E-state index in [-0.39, 0.29) is 23.0 Å². The Bertz CT molecular complexity index is 1560. The molecule has 0 radical (unpaired) electrons. The minimum absolute atomic E-state index is 0.111. The molecule has 8 nitrogen and oxygen atoms in total. The van der Waals surface area contributed by atoms with Crippen LogP contribution in [0.3, 0.4) is 0 Å². The number of alkyl halides is 2. The molecule has 3 fully saturated rings. The van der Waals surface area contributed by atoms with Crippen LogP contribution in [0.25, 0.3) is 10.9 Å². The van der Waals surface area contributed by atoms with Crippen LogP contribution in [0.4, 0.5) is 8.78 Å². The number of hydrogen-bond acceptors (Lipinski definition) is 5. The Kier molecular flexibility index (Phi) is 7.95. The Morgan fingerprint density at radius 3 is 2.38 bits per heavy atom. The van der Waals surface area contributed by atoms with Gasteiger partial charge in [-0.15, -0.1) is 0 Å². The van der Waals surface area contributed by atoms with Crippen LogP contribution in [0.5, 0.6) is 0 Å². The van der Waals surface area contributed by atoms with Crippen molar-refractivity contribution >= 4 is 42.8 Å². The number of likely N-dealkylation sites (N-methyl/N-ethyl adjacent to an activating group) is 1. The molecule has 226 valence electrons. The van der Waals surface area contributed by atoms with E-state index in [2.05, 4.69) is 21.0 Å². The van der Waals surface area contributed by atoms with E-state index < -0.39 is 33.5 Å². The molecule has 42 heavy (non-hydrogen) atoms. The Balaban J connectivity index is 1.36. The van der Waals surface area contributed by atoms with Gasteiger partial charge in [0.25, 0.3) is 5.92 Å². The van der Waals surface area contributed by atoms with Crippen molar-refractivity contribution in [3.8, 4) is 0 Å². The molecule has 0 spiro atoms. The standard InChI is InChI=1S/C30H36BrF2N5O3S/c1-36(42(40,41)26-12-13-27-20(14-26)18-37(35-27)17-19-4-2-3-5-19)28(30(32,33)21-6-8-22(31)9-7-21)29(39)38-24-10-11-25(38)16-23(34)15-24/h6-9,12-14,18-19,23-25,28H,2-5,10-11,15-17,34H2,1H3/t23?,24?,25?,28-/m1/s1. The lowest BCUT2D eigenvalue weighted by molar-refractivity contribution is -0.154. The number of aromatic nitrogens is 2. The molecule has 2 saturated heterocycles. The Hall–Kier alpha value is -2.41. The van der Waals surface area contributed by atoms with Gasteiger partial charge in [0.05, 0.1) is 10.4 Å². The van der Waals surface area contributed by atoms with E-state index in [0.29, 0.717) is 51.3 Å². The van der Waals surface area contributed by atoms with Crippen LogP contribution < -0.4 is 5.73 Å². The van der Waals surface area contributed by atoms with Crippen molar-refractivity contribution < 1.29 is 22.0 Å². The van der Waals surface area contributed by atoms with Gasteiger partial charge in [0.1, 0.15) is 0 Å². The molecule has 3 aliphatic rings. The molecule has 3 heterocycles. The molecule has 2 unspecified atom stereocenters. The number of rotatable bonds is 8. The first kappa shape index (κ1) is 29.7. The predicted octanol–water partition coefficient (Wildman–Crippen LogP) is 5.25. The Morgan fingerprint density at radius 2 is 1.74 bits per heavy atom. The zero-order valence-electron chi connectivity index (χ0n) is 23.5. The van der Waals surface area contributed by atoms with Gasteiger partial charge in [0.2, 0.25) is 15.9 Å². The fourth-order valence-electron chi connectivity index (χ4n) is 7.16. The number of piperidine rings is 1. The number of nitrogens with two attached hydrogens (primary N) is 1. The topological polar surface area (TPSA) is 102 Å².